The fourth-order valence-corrected chi connectivity index (χ4v) is 2.11. The van der Waals surface area contributed by atoms with E-state index < -0.39 is 0 Å². The molecule has 0 radical (unpaired) electrons. The van der Waals surface area contributed by atoms with Crippen LogP contribution in [-0.4, -0.2) is 28.3 Å². The van der Waals surface area contributed by atoms with Crippen molar-refractivity contribution in [3.63, 3.8) is 0 Å². The number of benzene rings is 1. The van der Waals surface area contributed by atoms with Crippen molar-refractivity contribution >= 4 is 11.8 Å². The van der Waals surface area contributed by atoms with Crippen molar-refractivity contribution < 1.29 is 10.2 Å². The molecule has 1 aromatic carbocycles. The smallest absolute Gasteiger partial charge is 0.120 e. The summed E-state index contributed by atoms with van der Waals surface area (Å²) in [6, 6.07) is 4.59. The molecular weight excluding hydrogens is 234 g/mol. The van der Waals surface area contributed by atoms with Crippen molar-refractivity contribution in [1.29, 1.82) is 0 Å². The zero-order chi connectivity index (χ0) is 12.7. The third-order valence-corrected chi connectivity index (χ3v) is 3.37. The van der Waals surface area contributed by atoms with Crippen LogP contribution in [0.3, 0.4) is 0 Å². The van der Waals surface area contributed by atoms with Gasteiger partial charge in [-0.3, -0.25) is 0 Å². The quantitative estimate of drug-likeness (QED) is 0.397. The van der Waals surface area contributed by atoms with E-state index in [9.17, 15) is 10.2 Å². The zero-order valence-corrected chi connectivity index (χ0v) is 10.8. The number of nitrogens with one attached hydrogen (secondary N) is 1. The van der Waals surface area contributed by atoms with Gasteiger partial charge in [0.1, 0.15) is 11.5 Å². The van der Waals surface area contributed by atoms with Crippen LogP contribution in [0.4, 0.5) is 0 Å². The topological polar surface area (TPSA) is 52.5 Å². The van der Waals surface area contributed by atoms with Crippen molar-refractivity contribution in [2.24, 2.45) is 0 Å². The predicted molar refractivity (Wildman–Crippen MR) is 73.7 cm³/mol. The third-order valence-electron chi connectivity index (χ3n) is 2.41. The van der Waals surface area contributed by atoms with Crippen LogP contribution in [0.1, 0.15) is 18.5 Å². The van der Waals surface area contributed by atoms with Gasteiger partial charge in [0.2, 0.25) is 0 Å². The lowest BCUT2D eigenvalue weighted by Gasteiger charge is -2.15. The first-order valence-corrected chi connectivity index (χ1v) is 6.74. The average Bonchev–Trinajstić information content (AvgIpc) is 2.32. The minimum Gasteiger partial charge on any atom is -0.508 e. The molecule has 0 heterocycles. The van der Waals surface area contributed by atoms with E-state index in [1.54, 1.807) is 17.8 Å². The Kier molecular flexibility index (Phi) is 5.94. The lowest BCUT2D eigenvalue weighted by molar-refractivity contribution is 0.443. The molecule has 94 valence electrons. The number of thioether (sulfide) groups is 1. The minimum absolute atomic E-state index is 0.0198. The lowest BCUT2D eigenvalue weighted by atomic mass is 10.1. The van der Waals surface area contributed by atoms with E-state index in [2.05, 4.69) is 11.9 Å². The molecule has 1 unspecified atom stereocenters. The Morgan fingerprint density at radius 2 is 2.24 bits per heavy atom. The molecule has 0 aliphatic carbocycles. The zero-order valence-electron chi connectivity index (χ0n) is 10.0. The van der Waals surface area contributed by atoms with Crippen LogP contribution < -0.4 is 5.32 Å². The van der Waals surface area contributed by atoms with Gasteiger partial charge in [0.05, 0.1) is 0 Å². The monoisotopic (exact) mass is 253 g/mol. The van der Waals surface area contributed by atoms with E-state index >= 15 is 0 Å². The summed E-state index contributed by atoms with van der Waals surface area (Å²) in [5.41, 5.74) is 0.721. The first-order valence-electron chi connectivity index (χ1n) is 5.59. The van der Waals surface area contributed by atoms with E-state index in [1.165, 1.54) is 12.1 Å². The van der Waals surface area contributed by atoms with Gasteiger partial charge in [-0.2, -0.15) is 11.8 Å². The Morgan fingerprint density at radius 3 is 2.94 bits per heavy atom. The Hall–Kier alpha value is -1.13. The summed E-state index contributed by atoms with van der Waals surface area (Å²) in [5, 5.41) is 22.4. The third kappa shape index (κ3) is 4.71. The van der Waals surface area contributed by atoms with Crippen LogP contribution in [0.25, 0.3) is 0 Å². The summed E-state index contributed by atoms with van der Waals surface area (Å²) in [7, 11) is 0. The minimum atomic E-state index is 0.0198. The molecule has 0 aliphatic rings. The van der Waals surface area contributed by atoms with Crippen LogP contribution in [0.15, 0.2) is 30.9 Å². The summed E-state index contributed by atoms with van der Waals surface area (Å²) in [5.74, 6) is 2.33. The van der Waals surface area contributed by atoms with Gasteiger partial charge in [-0.25, -0.2) is 0 Å². The molecule has 1 rings (SSSR count). The summed E-state index contributed by atoms with van der Waals surface area (Å²) < 4.78 is 0. The highest BCUT2D eigenvalue weighted by Crippen LogP contribution is 2.27. The van der Waals surface area contributed by atoms with Gasteiger partial charge in [0, 0.05) is 29.7 Å². The Labute approximate surface area is 107 Å². The van der Waals surface area contributed by atoms with Crippen molar-refractivity contribution in [2.45, 2.75) is 13.0 Å². The molecule has 0 bridgehead atoms. The highest BCUT2D eigenvalue weighted by atomic mass is 32.2. The number of phenols is 2. The van der Waals surface area contributed by atoms with Crippen molar-refractivity contribution in [1.82, 2.24) is 5.32 Å². The standard InChI is InChI=1S/C13H19NO2S/c1-3-7-17-8-6-14-10(2)12-9-11(15)4-5-13(12)16/h3-5,9-10,14-16H,1,6-8H2,2H3. The second-order valence-electron chi connectivity index (χ2n) is 3.78. The second-order valence-corrected chi connectivity index (χ2v) is 4.93. The van der Waals surface area contributed by atoms with Gasteiger partial charge in [-0.05, 0) is 25.1 Å². The van der Waals surface area contributed by atoms with Crippen molar-refractivity contribution in [3.8, 4) is 11.5 Å². The number of phenolic OH excluding ortho intramolecular Hbond substituents is 2. The highest BCUT2D eigenvalue weighted by Gasteiger charge is 2.10. The Morgan fingerprint density at radius 1 is 1.47 bits per heavy atom. The normalized spacial score (nSPS) is 12.3. The largest absolute Gasteiger partial charge is 0.508 e. The molecule has 0 spiro atoms. The van der Waals surface area contributed by atoms with Gasteiger partial charge in [-0.1, -0.05) is 6.08 Å². The van der Waals surface area contributed by atoms with E-state index in [0.29, 0.717) is 0 Å². The first kappa shape index (κ1) is 13.9. The summed E-state index contributed by atoms with van der Waals surface area (Å²) in [4.78, 5) is 0. The number of rotatable bonds is 7. The Bertz CT molecular complexity index is 368. The molecule has 4 heteroatoms. The fourth-order valence-electron chi connectivity index (χ4n) is 1.51. The van der Waals surface area contributed by atoms with E-state index in [4.69, 9.17) is 0 Å². The molecule has 0 saturated carbocycles. The summed E-state index contributed by atoms with van der Waals surface area (Å²) in [6.45, 7) is 6.48. The lowest BCUT2D eigenvalue weighted by Crippen LogP contribution is -2.21. The van der Waals surface area contributed by atoms with Crippen molar-refractivity contribution in [3.05, 3.63) is 36.4 Å². The van der Waals surface area contributed by atoms with Crippen LogP contribution >= 0.6 is 11.8 Å². The van der Waals surface area contributed by atoms with Crippen LogP contribution in [0, 0.1) is 0 Å². The van der Waals surface area contributed by atoms with Gasteiger partial charge < -0.3 is 15.5 Å². The van der Waals surface area contributed by atoms with E-state index in [0.717, 1.165) is 23.6 Å². The molecule has 0 amide bonds. The van der Waals surface area contributed by atoms with Gasteiger partial charge in [0.15, 0.2) is 0 Å². The maximum absolute atomic E-state index is 9.68. The molecule has 0 fully saturated rings. The maximum Gasteiger partial charge on any atom is 0.120 e. The maximum atomic E-state index is 9.68. The summed E-state index contributed by atoms with van der Waals surface area (Å²) >= 11 is 1.81. The molecule has 0 aromatic heterocycles. The molecule has 17 heavy (non-hydrogen) atoms. The molecule has 1 aromatic rings. The van der Waals surface area contributed by atoms with Crippen molar-refractivity contribution in [2.75, 3.05) is 18.1 Å². The summed E-state index contributed by atoms with van der Waals surface area (Å²) in [6.07, 6.45) is 1.88. The Balaban J connectivity index is 2.43. The highest BCUT2D eigenvalue weighted by molar-refractivity contribution is 7.99. The van der Waals surface area contributed by atoms with Gasteiger partial charge >= 0.3 is 0 Å². The number of hydrogen-bond acceptors (Lipinski definition) is 4. The van der Waals surface area contributed by atoms with E-state index in [1.807, 2.05) is 13.0 Å². The molecular formula is C13H19NO2S. The molecule has 3 N–H and O–H groups in total. The predicted octanol–water partition coefficient (Wildman–Crippen LogP) is 2.67. The SMILES string of the molecule is C=CCSCCNC(C)c1cc(O)ccc1O. The first-order chi connectivity index (χ1) is 8.15. The fraction of sp³-hybridized carbons (Fsp3) is 0.385. The molecule has 0 saturated heterocycles. The number of hydrogen-bond donors (Lipinski definition) is 3. The van der Waals surface area contributed by atoms with Crippen LogP contribution in [-0.2, 0) is 0 Å². The number of aromatic hydroxyl groups is 2. The molecule has 3 nitrogen and oxygen atoms in total. The van der Waals surface area contributed by atoms with Gasteiger partial charge in [-0.15, -0.1) is 6.58 Å². The average molecular weight is 253 g/mol. The molecule has 0 aliphatic heterocycles. The van der Waals surface area contributed by atoms with Gasteiger partial charge in [0.25, 0.3) is 0 Å². The van der Waals surface area contributed by atoms with Crippen LogP contribution in [0.5, 0.6) is 11.5 Å². The second kappa shape index (κ2) is 7.25. The molecule has 1 atom stereocenters. The van der Waals surface area contributed by atoms with E-state index in [-0.39, 0.29) is 17.5 Å². The van der Waals surface area contributed by atoms with Crippen LogP contribution in [0.2, 0.25) is 0 Å².